The lowest BCUT2D eigenvalue weighted by Gasteiger charge is -2.08. The zero-order chi connectivity index (χ0) is 13.2. The van der Waals surface area contributed by atoms with Crippen molar-refractivity contribution in [1.29, 1.82) is 0 Å². The number of thiophene rings is 1. The minimum absolute atomic E-state index is 0.656. The third kappa shape index (κ3) is 2.17. The Kier molecular flexibility index (Phi) is 2.92. The molecule has 0 aliphatic heterocycles. The Morgan fingerprint density at radius 2 is 2.21 bits per heavy atom. The van der Waals surface area contributed by atoms with Gasteiger partial charge in [-0.05, 0) is 29.6 Å². The van der Waals surface area contributed by atoms with Crippen LogP contribution in [0.1, 0.15) is 0 Å². The molecule has 96 valence electrons. The zero-order valence-corrected chi connectivity index (χ0v) is 11.1. The summed E-state index contributed by atoms with van der Waals surface area (Å²) in [5.41, 5.74) is 8.07. The van der Waals surface area contributed by atoms with Gasteiger partial charge in [-0.1, -0.05) is 11.3 Å². The molecule has 0 saturated heterocycles. The Hall–Kier alpha value is -2.34. The summed E-state index contributed by atoms with van der Waals surface area (Å²) in [6.45, 7) is 0. The van der Waals surface area contributed by atoms with E-state index in [1.807, 2.05) is 35.8 Å². The Balaban J connectivity index is 2.06. The average Bonchev–Trinajstić information content (AvgIpc) is 3.09. The molecule has 3 rings (SSSR count). The first-order valence-electron chi connectivity index (χ1n) is 5.68. The minimum Gasteiger partial charge on any atom is -0.494 e. The summed E-state index contributed by atoms with van der Waals surface area (Å²) in [5, 5.41) is 10.3. The van der Waals surface area contributed by atoms with E-state index in [-0.39, 0.29) is 0 Å². The van der Waals surface area contributed by atoms with Crippen molar-refractivity contribution in [2.75, 3.05) is 12.8 Å². The molecule has 0 aliphatic carbocycles. The molecule has 3 aromatic rings. The topological polar surface area (TPSA) is 66.0 Å². The van der Waals surface area contributed by atoms with Crippen LogP contribution < -0.4 is 10.5 Å². The Labute approximate surface area is 114 Å². The minimum atomic E-state index is 0.656. The highest BCUT2D eigenvalue weighted by molar-refractivity contribution is 7.13. The van der Waals surface area contributed by atoms with Crippen molar-refractivity contribution in [3.05, 3.63) is 41.9 Å². The maximum Gasteiger partial charge on any atom is 0.144 e. The van der Waals surface area contributed by atoms with Gasteiger partial charge in [-0.2, -0.15) is 0 Å². The summed E-state index contributed by atoms with van der Waals surface area (Å²) < 4.78 is 6.98. The van der Waals surface area contributed by atoms with Gasteiger partial charge in [0, 0.05) is 5.69 Å². The molecule has 0 bridgehead atoms. The van der Waals surface area contributed by atoms with Crippen LogP contribution in [0.4, 0.5) is 5.69 Å². The molecule has 0 aliphatic rings. The van der Waals surface area contributed by atoms with Gasteiger partial charge in [-0.25, -0.2) is 4.68 Å². The summed E-state index contributed by atoms with van der Waals surface area (Å²) >= 11 is 1.63. The zero-order valence-electron chi connectivity index (χ0n) is 10.3. The molecule has 0 unspecified atom stereocenters. The fourth-order valence-electron chi connectivity index (χ4n) is 1.80. The molecule has 0 fully saturated rings. The van der Waals surface area contributed by atoms with Crippen LogP contribution in [0, 0.1) is 0 Å². The lowest BCUT2D eigenvalue weighted by Crippen LogP contribution is -2.00. The van der Waals surface area contributed by atoms with Crippen molar-refractivity contribution in [2.24, 2.45) is 0 Å². The first kappa shape index (κ1) is 11.7. The number of benzene rings is 1. The third-order valence-electron chi connectivity index (χ3n) is 2.72. The number of hydrogen-bond acceptors (Lipinski definition) is 5. The Morgan fingerprint density at radius 3 is 2.95 bits per heavy atom. The number of aromatic nitrogens is 3. The number of hydrogen-bond donors (Lipinski definition) is 1. The maximum absolute atomic E-state index is 5.81. The summed E-state index contributed by atoms with van der Waals surface area (Å²) in [6, 6.07) is 9.41. The van der Waals surface area contributed by atoms with Crippen molar-refractivity contribution in [3.63, 3.8) is 0 Å². The lowest BCUT2D eigenvalue weighted by molar-refractivity contribution is 0.411. The summed E-state index contributed by atoms with van der Waals surface area (Å²) in [4.78, 5) is 1.08. The molecule has 0 atom stereocenters. The quantitative estimate of drug-likeness (QED) is 0.744. The smallest absolute Gasteiger partial charge is 0.144 e. The number of anilines is 1. The summed E-state index contributed by atoms with van der Waals surface area (Å²) in [5.74, 6) is 0.705. The van der Waals surface area contributed by atoms with E-state index in [2.05, 4.69) is 10.3 Å². The second kappa shape index (κ2) is 4.74. The third-order valence-corrected chi connectivity index (χ3v) is 3.61. The Morgan fingerprint density at radius 1 is 1.32 bits per heavy atom. The van der Waals surface area contributed by atoms with Crippen LogP contribution in [0.25, 0.3) is 16.3 Å². The first-order valence-corrected chi connectivity index (χ1v) is 6.56. The molecule has 6 heteroatoms. The highest BCUT2D eigenvalue weighted by Gasteiger charge is 2.10. The molecule has 2 heterocycles. The van der Waals surface area contributed by atoms with Crippen LogP contribution in [0.15, 0.2) is 41.9 Å². The van der Waals surface area contributed by atoms with Crippen LogP contribution >= 0.6 is 11.3 Å². The fourth-order valence-corrected chi connectivity index (χ4v) is 2.48. The van der Waals surface area contributed by atoms with Gasteiger partial charge in [0.2, 0.25) is 0 Å². The van der Waals surface area contributed by atoms with Gasteiger partial charge in [-0.15, -0.1) is 16.4 Å². The van der Waals surface area contributed by atoms with E-state index in [1.54, 1.807) is 29.2 Å². The predicted octanol–water partition coefficient (Wildman–Crippen LogP) is 2.59. The maximum atomic E-state index is 5.81. The molecule has 2 N–H and O–H groups in total. The molecular formula is C13H12N4OS. The van der Waals surface area contributed by atoms with E-state index in [4.69, 9.17) is 10.5 Å². The van der Waals surface area contributed by atoms with Crippen molar-refractivity contribution < 1.29 is 4.74 Å². The van der Waals surface area contributed by atoms with E-state index in [9.17, 15) is 0 Å². The lowest BCUT2D eigenvalue weighted by atomic mass is 10.2. The van der Waals surface area contributed by atoms with E-state index < -0.39 is 0 Å². The SMILES string of the molecule is COc1ccc(N)cc1-n1cc(-c2cccs2)nn1. The standard InChI is InChI=1S/C13H12N4OS/c1-18-12-5-4-9(14)7-11(12)17-8-10(15-16-17)13-3-2-6-19-13/h2-8H,14H2,1H3. The van der Waals surface area contributed by atoms with E-state index >= 15 is 0 Å². The predicted molar refractivity (Wildman–Crippen MR) is 75.6 cm³/mol. The molecule has 0 amide bonds. The molecule has 19 heavy (non-hydrogen) atoms. The van der Waals surface area contributed by atoms with Gasteiger partial charge in [-0.3, -0.25) is 0 Å². The Bertz CT molecular complexity index is 690. The molecule has 0 saturated carbocycles. The highest BCUT2D eigenvalue weighted by atomic mass is 32.1. The summed E-state index contributed by atoms with van der Waals surface area (Å²) in [6.07, 6.45) is 1.86. The first-order chi connectivity index (χ1) is 9.28. The van der Waals surface area contributed by atoms with Crippen LogP contribution in [0.5, 0.6) is 5.75 Å². The second-order valence-electron chi connectivity index (χ2n) is 3.96. The fraction of sp³-hybridized carbons (Fsp3) is 0.0769. The number of ether oxygens (including phenoxy) is 1. The van der Waals surface area contributed by atoms with Crippen LogP contribution in [-0.4, -0.2) is 22.1 Å². The van der Waals surface area contributed by atoms with Crippen LogP contribution in [0.3, 0.4) is 0 Å². The summed E-state index contributed by atoms with van der Waals surface area (Å²) in [7, 11) is 1.62. The second-order valence-corrected chi connectivity index (χ2v) is 4.90. The highest BCUT2D eigenvalue weighted by Crippen LogP contribution is 2.27. The van der Waals surface area contributed by atoms with E-state index in [0.29, 0.717) is 11.4 Å². The molecule has 0 radical (unpaired) electrons. The normalized spacial score (nSPS) is 10.6. The number of nitrogen functional groups attached to an aromatic ring is 1. The monoisotopic (exact) mass is 272 g/mol. The van der Waals surface area contributed by atoms with Crippen molar-refractivity contribution >= 4 is 17.0 Å². The van der Waals surface area contributed by atoms with E-state index in [1.165, 1.54) is 0 Å². The average molecular weight is 272 g/mol. The van der Waals surface area contributed by atoms with Crippen LogP contribution in [-0.2, 0) is 0 Å². The molecule has 1 aromatic carbocycles. The number of methoxy groups -OCH3 is 1. The van der Waals surface area contributed by atoms with Gasteiger partial charge in [0.05, 0.1) is 18.2 Å². The van der Waals surface area contributed by atoms with Crippen molar-refractivity contribution in [3.8, 4) is 22.0 Å². The van der Waals surface area contributed by atoms with Gasteiger partial charge >= 0.3 is 0 Å². The molecule has 2 aromatic heterocycles. The van der Waals surface area contributed by atoms with Gasteiger partial charge in [0.1, 0.15) is 17.1 Å². The van der Waals surface area contributed by atoms with Gasteiger partial charge in [0.25, 0.3) is 0 Å². The van der Waals surface area contributed by atoms with Gasteiger partial charge in [0.15, 0.2) is 0 Å². The van der Waals surface area contributed by atoms with Crippen molar-refractivity contribution in [2.45, 2.75) is 0 Å². The number of nitrogens with zero attached hydrogens (tertiary/aromatic N) is 3. The molecule has 5 nitrogen and oxygen atoms in total. The largest absolute Gasteiger partial charge is 0.494 e. The van der Waals surface area contributed by atoms with Crippen LogP contribution in [0.2, 0.25) is 0 Å². The molecular weight excluding hydrogens is 260 g/mol. The van der Waals surface area contributed by atoms with E-state index in [0.717, 1.165) is 16.3 Å². The number of rotatable bonds is 3. The number of nitrogens with two attached hydrogens (primary N) is 1. The van der Waals surface area contributed by atoms with Crippen molar-refractivity contribution in [1.82, 2.24) is 15.0 Å². The van der Waals surface area contributed by atoms with Gasteiger partial charge < -0.3 is 10.5 Å². The molecule has 0 spiro atoms.